The second kappa shape index (κ2) is 22.6. The average Bonchev–Trinajstić information content (AvgIpc) is 2.66. The number of amides is 1. The van der Waals surface area contributed by atoms with Gasteiger partial charge in [0.15, 0.2) is 0 Å². The van der Waals surface area contributed by atoms with Crippen LogP contribution in [0.25, 0.3) is 0 Å². The number of nitrogens with one attached hydrogen (secondary N) is 1. The van der Waals surface area contributed by atoms with Gasteiger partial charge in [-0.2, -0.15) is 0 Å². The van der Waals surface area contributed by atoms with E-state index in [2.05, 4.69) is 43.4 Å². The largest absolute Gasteiger partial charge is 0.378 e. The van der Waals surface area contributed by atoms with E-state index in [4.69, 9.17) is 15.2 Å². The number of ether oxygens (including phenoxy) is 2. The number of hydrogen-bond acceptors (Lipinski definition) is 4. The van der Waals surface area contributed by atoms with Crippen LogP contribution < -0.4 is 11.1 Å². The van der Waals surface area contributed by atoms with Crippen LogP contribution in [0.3, 0.4) is 0 Å². The van der Waals surface area contributed by atoms with E-state index in [1.54, 1.807) is 0 Å². The standard InChI is InChI=1S/C11H16.C7H16N2O3.C2H6/c1-3-4-5-11-8-6-10(2)7-9-11;8-1-3-11-5-6-12-4-2-9-7-10;1-2/h6-9H,3-5H2,1-2H3;7H,1-6,8H2,(H,9,10);1-2H3. The van der Waals surface area contributed by atoms with Gasteiger partial charge in [-0.05, 0) is 25.3 Å². The first-order chi connectivity index (χ1) is 12.2. The van der Waals surface area contributed by atoms with Gasteiger partial charge in [-0.3, -0.25) is 4.79 Å². The molecular weight excluding hydrogens is 316 g/mol. The minimum Gasteiger partial charge on any atom is -0.378 e. The van der Waals surface area contributed by atoms with Crippen LogP contribution in [0.1, 0.15) is 44.7 Å². The smallest absolute Gasteiger partial charge is 0.207 e. The molecule has 1 rings (SSSR count). The number of rotatable bonds is 12. The molecule has 1 aromatic rings. The summed E-state index contributed by atoms with van der Waals surface area (Å²) >= 11 is 0. The van der Waals surface area contributed by atoms with Gasteiger partial charge in [0.25, 0.3) is 0 Å². The highest BCUT2D eigenvalue weighted by Crippen LogP contribution is 2.06. The van der Waals surface area contributed by atoms with Crippen molar-refractivity contribution < 1.29 is 14.3 Å². The monoisotopic (exact) mass is 354 g/mol. The van der Waals surface area contributed by atoms with Crippen molar-refractivity contribution in [3.05, 3.63) is 35.4 Å². The molecule has 0 aromatic heterocycles. The highest BCUT2D eigenvalue weighted by molar-refractivity contribution is 5.45. The third-order valence-corrected chi connectivity index (χ3v) is 3.05. The van der Waals surface area contributed by atoms with Crippen molar-refractivity contribution in [3.8, 4) is 0 Å². The van der Waals surface area contributed by atoms with Gasteiger partial charge in [-0.1, -0.05) is 57.0 Å². The second-order valence-electron chi connectivity index (χ2n) is 5.17. The van der Waals surface area contributed by atoms with Crippen LogP contribution in [0.5, 0.6) is 0 Å². The summed E-state index contributed by atoms with van der Waals surface area (Å²) in [5.74, 6) is 0. The maximum absolute atomic E-state index is 9.77. The predicted molar refractivity (Wildman–Crippen MR) is 106 cm³/mol. The quantitative estimate of drug-likeness (QED) is 0.447. The third-order valence-electron chi connectivity index (χ3n) is 3.05. The summed E-state index contributed by atoms with van der Waals surface area (Å²) in [6, 6.07) is 8.83. The summed E-state index contributed by atoms with van der Waals surface area (Å²) in [5, 5.41) is 2.48. The topological polar surface area (TPSA) is 73.6 Å². The van der Waals surface area contributed by atoms with Gasteiger partial charge < -0.3 is 20.5 Å². The van der Waals surface area contributed by atoms with Crippen molar-refractivity contribution in [3.63, 3.8) is 0 Å². The van der Waals surface area contributed by atoms with Gasteiger partial charge >= 0.3 is 0 Å². The van der Waals surface area contributed by atoms with E-state index < -0.39 is 0 Å². The number of nitrogens with two attached hydrogens (primary N) is 1. The molecule has 0 bridgehead atoms. The summed E-state index contributed by atoms with van der Waals surface area (Å²) in [7, 11) is 0. The Labute approximate surface area is 154 Å². The summed E-state index contributed by atoms with van der Waals surface area (Å²) < 4.78 is 10.1. The number of carbonyl (C=O) groups excluding carboxylic acids is 1. The normalized spacial score (nSPS) is 9.32. The minimum absolute atomic E-state index is 0.519. The molecule has 0 aliphatic carbocycles. The lowest BCUT2D eigenvalue weighted by Crippen LogP contribution is -2.19. The van der Waals surface area contributed by atoms with Crippen LogP contribution in [0, 0.1) is 6.92 Å². The Morgan fingerprint density at radius 2 is 1.64 bits per heavy atom. The summed E-state index contributed by atoms with van der Waals surface area (Å²) in [5.41, 5.74) is 8.02. The molecule has 0 fully saturated rings. The highest BCUT2D eigenvalue weighted by Gasteiger charge is 1.90. The fourth-order valence-electron chi connectivity index (χ4n) is 1.73. The molecule has 1 amide bonds. The van der Waals surface area contributed by atoms with Crippen LogP contribution >= 0.6 is 0 Å². The number of carbonyl (C=O) groups is 1. The fourth-order valence-corrected chi connectivity index (χ4v) is 1.73. The Hall–Kier alpha value is -1.43. The Bertz CT molecular complexity index is 370. The fraction of sp³-hybridized carbons (Fsp3) is 0.650. The van der Waals surface area contributed by atoms with Gasteiger partial charge in [-0.15, -0.1) is 0 Å². The van der Waals surface area contributed by atoms with Crippen molar-refractivity contribution in [2.45, 2.75) is 47.0 Å². The molecule has 5 heteroatoms. The molecule has 5 nitrogen and oxygen atoms in total. The van der Waals surface area contributed by atoms with Crippen molar-refractivity contribution >= 4 is 6.41 Å². The molecule has 0 saturated carbocycles. The molecule has 3 N–H and O–H groups in total. The zero-order chi connectivity index (χ0) is 19.2. The van der Waals surface area contributed by atoms with Crippen molar-refractivity contribution in [2.75, 3.05) is 39.5 Å². The van der Waals surface area contributed by atoms with E-state index in [0.717, 1.165) is 0 Å². The first kappa shape index (κ1) is 25.8. The summed E-state index contributed by atoms with van der Waals surface area (Å²) in [4.78, 5) is 9.77. The van der Waals surface area contributed by atoms with Gasteiger partial charge in [0.1, 0.15) is 0 Å². The molecule has 0 radical (unpaired) electrons. The first-order valence-electron chi connectivity index (χ1n) is 9.32. The number of benzene rings is 1. The molecular formula is C20H38N2O3. The van der Waals surface area contributed by atoms with E-state index in [1.807, 2.05) is 13.8 Å². The van der Waals surface area contributed by atoms with Gasteiger partial charge in [0, 0.05) is 13.1 Å². The van der Waals surface area contributed by atoms with Crippen molar-refractivity contribution in [1.29, 1.82) is 0 Å². The molecule has 0 atom stereocenters. The Balaban J connectivity index is 0. The number of unbranched alkanes of at least 4 members (excludes halogenated alkanes) is 1. The highest BCUT2D eigenvalue weighted by atomic mass is 16.5. The molecule has 25 heavy (non-hydrogen) atoms. The van der Waals surface area contributed by atoms with E-state index in [1.165, 1.54) is 30.4 Å². The lowest BCUT2D eigenvalue weighted by atomic mass is 10.1. The Kier molecular flexibility index (Phi) is 23.3. The molecule has 0 aliphatic heterocycles. The number of aryl methyl sites for hydroxylation is 2. The van der Waals surface area contributed by atoms with E-state index in [9.17, 15) is 4.79 Å². The van der Waals surface area contributed by atoms with E-state index in [0.29, 0.717) is 45.9 Å². The first-order valence-corrected chi connectivity index (χ1v) is 9.32. The van der Waals surface area contributed by atoms with Crippen LogP contribution in [-0.4, -0.2) is 45.9 Å². The zero-order valence-corrected chi connectivity index (χ0v) is 16.6. The molecule has 0 saturated heterocycles. The van der Waals surface area contributed by atoms with Crippen LogP contribution in [0.4, 0.5) is 0 Å². The second-order valence-corrected chi connectivity index (χ2v) is 5.17. The van der Waals surface area contributed by atoms with Crippen LogP contribution in [0.15, 0.2) is 24.3 Å². The summed E-state index contributed by atoms with van der Waals surface area (Å²) in [6.07, 6.45) is 4.47. The van der Waals surface area contributed by atoms with Crippen LogP contribution in [0.2, 0.25) is 0 Å². The Morgan fingerprint density at radius 3 is 2.16 bits per heavy atom. The zero-order valence-electron chi connectivity index (χ0n) is 16.6. The summed E-state index contributed by atoms with van der Waals surface area (Å²) in [6.45, 7) is 11.6. The van der Waals surface area contributed by atoms with Crippen LogP contribution in [-0.2, 0) is 20.7 Å². The maximum atomic E-state index is 9.77. The van der Waals surface area contributed by atoms with Crippen molar-refractivity contribution in [2.24, 2.45) is 5.73 Å². The minimum atomic E-state index is 0.519. The van der Waals surface area contributed by atoms with E-state index in [-0.39, 0.29) is 0 Å². The van der Waals surface area contributed by atoms with Gasteiger partial charge in [-0.25, -0.2) is 0 Å². The average molecular weight is 355 g/mol. The van der Waals surface area contributed by atoms with Crippen molar-refractivity contribution in [1.82, 2.24) is 5.32 Å². The number of hydrogen-bond donors (Lipinski definition) is 2. The van der Waals surface area contributed by atoms with Gasteiger partial charge in [0.05, 0.1) is 26.4 Å². The lowest BCUT2D eigenvalue weighted by Gasteiger charge is -2.03. The molecule has 0 unspecified atom stereocenters. The van der Waals surface area contributed by atoms with E-state index >= 15 is 0 Å². The lowest BCUT2D eigenvalue weighted by molar-refractivity contribution is -0.109. The molecule has 1 aromatic carbocycles. The molecule has 0 heterocycles. The Morgan fingerprint density at radius 1 is 1.04 bits per heavy atom. The molecule has 0 aliphatic rings. The molecule has 0 spiro atoms. The SMILES string of the molecule is CC.CCCCc1ccc(C)cc1.NCCOCCOCCNC=O. The maximum Gasteiger partial charge on any atom is 0.207 e. The molecule has 146 valence electrons. The van der Waals surface area contributed by atoms with Gasteiger partial charge in [0.2, 0.25) is 6.41 Å². The third kappa shape index (κ3) is 20.5. The predicted octanol–water partition coefficient (Wildman–Crippen LogP) is 3.09.